The molecule has 0 fully saturated rings. The van der Waals surface area contributed by atoms with Gasteiger partial charge in [-0.25, -0.2) is 4.98 Å². The van der Waals surface area contributed by atoms with Gasteiger partial charge in [0.1, 0.15) is 0 Å². The van der Waals surface area contributed by atoms with Crippen molar-refractivity contribution in [2.45, 2.75) is 26.8 Å². The fourth-order valence-electron chi connectivity index (χ4n) is 1.68. The third kappa shape index (κ3) is 7.80. The summed E-state index contributed by atoms with van der Waals surface area (Å²) in [4.78, 5) is 6.64. The first-order chi connectivity index (χ1) is 9.08. The first kappa shape index (κ1) is 15.9. The summed E-state index contributed by atoms with van der Waals surface area (Å²) >= 11 is 0. The highest BCUT2D eigenvalue weighted by Crippen LogP contribution is 2.08. The van der Waals surface area contributed by atoms with E-state index in [0.717, 1.165) is 37.6 Å². The predicted molar refractivity (Wildman–Crippen MR) is 79.4 cm³/mol. The third-order valence-corrected chi connectivity index (χ3v) is 2.64. The highest BCUT2D eigenvalue weighted by molar-refractivity contribution is 5.15. The molecule has 4 nitrogen and oxygen atoms in total. The smallest absolute Gasteiger partial charge is 0.213 e. The van der Waals surface area contributed by atoms with E-state index < -0.39 is 0 Å². The number of nitrogens with zero attached hydrogens (tertiary/aromatic N) is 2. The van der Waals surface area contributed by atoms with Gasteiger partial charge in [-0.3, -0.25) is 0 Å². The van der Waals surface area contributed by atoms with Crippen LogP contribution < -0.4 is 10.1 Å². The molecular weight excluding hydrogens is 238 g/mol. The molecule has 0 aliphatic heterocycles. The maximum Gasteiger partial charge on any atom is 0.213 e. The van der Waals surface area contributed by atoms with Gasteiger partial charge in [0.05, 0.1) is 12.3 Å². The van der Waals surface area contributed by atoms with Crippen molar-refractivity contribution in [3.05, 3.63) is 23.9 Å². The van der Waals surface area contributed by atoms with E-state index in [2.05, 4.69) is 43.1 Å². The molecule has 0 spiro atoms. The van der Waals surface area contributed by atoms with E-state index >= 15 is 0 Å². The van der Waals surface area contributed by atoms with Gasteiger partial charge in [0.25, 0.3) is 0 Å². The maximum atomic E-state index is 5.66. The first-order valence-corrected chi connectivity index (χ1v) is 7.02. The quantitative estimate of drug-likeness (QED) is 0.694. The van der Waals surface area contributed by atoms with Crippen molar-refractivity contribution in [3.63, 3.8) is 0 Å². The number of hydrogen-bond donors (Lipinski definition) is 1. The average Bonchev–Trinajstić information content (AvgIpc) is 2.34. The van der Waals surface area contributed by atoms with E-state index in [4.69, 9.17) is 4.74 Å². The second-order valence-corrected chi connectivity index (χ2v) is 5.50. The zero-order chi connectivity index (χ0) is 14.1. The second kappa shape index (κ2) is 8.88. The van der Waals surface area contributed by atoms with Gasteiger partial charge in [0, 0.05) is 19.2 Å². The van der Waals surface area contributed by atoms with Crippen LogP contribution in [0.5, 0.6) is 5.88 Å². The van der Waals surface area contributed by atoms with Gasteiger partial charge < -0.3 is 15.0 Å². The Kier molecular flexibility index (Phi) is 7.45. The Morgan fingerprint density at radius 2 is 2.11 bits per heavy atom. The summed E-state index contributed by atoms with van der Waals surface area (Å²) in [6.45, 7) is 7.96. The summed E-state index contributed by atoms with van der Waals surface area (Å²) in [6, 6.07) is 5.95. The molecule has 0 aromatic carbocycles. The SMILES string of the molecule is CC(C)CNCc1cccc(OCCCN(C)C)n1. The molecule has 1 N–H and O–H groups in total. The van der Waals surface area contributed by atoms with Crippen LogP contribution in [0.1, 0.15) is 26.0 Å². The lowest BCUT2D eigenvalue weighted by Gasteiger charge is -2.11. The molecule has 0 bridgehead atoms. The number of aromatic nitrogens is 1. The zero-order valence-corrected chi connectivity index (χ0v) is 12.6. The van der Waals surface area contributed by atoms with Crippen LogP contribution in [0, 0.1) is 5.92 Å². The van der Waals surface area contributed by atoms with Crippen molar-refractivity contribution in [2.24, 2.45) is 5.92 Å². The molecule has 1 aromatic heterocycles. The van der Waals surface area contributed by atoms with Crippen LogP contribution in [0.25, 0.3) is 0 Å². The van der Waals surface area contributed by atoms with Crippen LogP contribution in [0.15, 0.2) is 18.2 Å². The van der Waals surface area contributed by atoms with E-state index in [0.29, 0.717) is 12.5 Å². The van der Waals surface area contributed by atoms with Crippen LogP contribution >= 0.6 is 0 Å². The number of pyridine rings is 1. The molecule has 108 valence electrons. The van der Waals surface area contributed by atoms with Crippen LogP contribution in [-0.2, 0) is 6.54 Å². The van der Waals surface area contributed by atoms with Crippen molar-refractivity contribution < 1.29 is 4.74 Å². The van der Waals surface area contributed by atoms with Crippen molar-refractivity contribution in [1.29, 1.82) is 0 Å². The van der Waals surface area contributed by atoms with Gasteiger partial charge in [-0.2, -0.15) is 0 Å². The molecule has 1 rings (SSSR count). The molecular formula is C15H27N3O. The zero-order valence-electron chi connectivity index (χ0n) is 12.6. The van der Waals surface area contributed by atoms with Crippen LogP contribution in [0.2, 0.25) is 0 Å². The number of hydrogen-bond acceptors (Lipinski definition) is 4. The lowest BCUT2D eigenvalue weighted by atomic mass is 10.2. The molecule has 1 heterocycles. The summed E-state index contributed by atoms with van der Waals surface area (Å²) < 4.78 is 5.66. The Morgan fingerprint density at radius 3 is 2.79 bits per heavy atom. The number of ether oxygens (including phenoxy) is 1. The Labute approximate surface area is 117 Å². The monoisotopic (exact) mass is 265 g/mol. The minimum atomic E-state index is 0.658. The van der Waals surface area contributed by atoms with E-state index in [-0.39, 0.29) is 0 Å². The predicted octanol–water partition coefficient (Wildman–Crippen LogP) is 2.16. The van der Waals surface area contributed by atoms with Gasteiger partial charge in [-0.15, -0.1) is 0 Å². The van der Waals surface area contributed by atoms with E-state index in [1.165, 1.54) is 0 Å². The van der Waals surface area contributed by atoms with Gasteiger partial charge in [0.2, 0.25) is 5.88 Å². The highest BCUT2D eigenvalue weighted by Gasteiger charge is 2.00. The molecule has 4 heteroatoms. The van der Waals surface area contributed by atoms with Crippen molar-refractivity contribution in [2.75, 3.05) is 33.8 Å². The summed E-state index contributed by atoms with van der Waals surface area (Å²) in [5.41, 5.74) is 1.03. The Bertz CT molecular complexity index is 353. The van der Waals surface area contributed by atoms with Crippen molar-refractivity contribution in [3.8, 4) is 5.88 Å². The van der Waals surface area contributed by atoms with Gasteiger partial charge in [-0.05, 0) is 39.0 Å². The number of nitrogens with one attached hydrogen (secondary N) is 1. The van der Waals surface area contributed by atoms with Crippen LogP contribution in [-0.4, -0.2) is 43.7 Å². The molecule has 0 aliphatic rings. The molecule has 0 saturated heterocycles. The van der Waals surface area contributed by atoms with Gasteiger partial charge >= 0.3 is 0 Å². The average molecular weight is 265 g/mol. The van der Waals surface area contributed by atoms with E-state index in [9.17, 15) is 0 Å². The maximum absolute atomic E-state index is 5.66. The normalized spacial score (nSPS) is 11.3. The van der Waals surface area contributed by atoms with Crippen LogP contribution in [0.4, 0.5) is 0 Å². The largest absolute Gasteiger partial charge is 0.478 e. The van der Waals surface area contributed by atoms with E-state index in [1.54, 1.807) is 0 Å². The topological polar surface area (TPSA) is 37.4 Å². The Hall–Kier alpha value is -1.13. The molecule has 0 saturated carbocycles. The third-order valence-electron chi connectivity index (χ3n) is 2.64. The van der Waals surface area contributed by atoms with Crippen molar-refractivity contribution in [1.82, 2.24) is 15.2 Å². The molecule has 0 atom stereocenters. The molecule has 0 amide bonds. The van der Waals surface area contributed by atoms with Crippen LogP contribution in [0.3, 0.4) is 0 Å². The standard InChI is InChI=1S/C15H27N3O/c1-13(2)11-16-12-14-7-5-8-15(17-14)19-10-6-9-18(3)4/h5,7-8,13,16H,6,9-12H2,1-4H3. The lowest BCUT2D eigenvalue weighted by molar-refractivity contribution is 0.272. The summed E-state index contributed by atoms with van der Waals surface area (Å²) in [6.07, 6.45) is 1.02. The van der Waals surface area contributed by atoms with Gasteiger partial charge in [-0.1, -0.05) is 19.9 Å². The minimum Gasteiger partial charge on any atom is -0.478 e. The summed E-state index contributed by atoms with van der Waals surface area (Å²) in [5, 5.41) is 3.39. The fraction of sp³-hybridized carbons (Fsp3) is 0.667. The molecule has 1 aromatic rings. The minimum absolute atomic E-state index is 0.658. The molecule has 0 radical (unpaired) electrons. The Morgan fingerprint density at radius 1 is 1.32 bits per heavy atom. The fourth-order valence-corrected chi connectivity index (χ4v) is 1.68. The first-order valence-electron chi connectivity index (χ1n) is 7.02. The Balaban J connectivity index is 2.31. The van der Waals surface area contributed by atoms with E-state index in [1.807, 2.05) is 18.2 Å². The summed E-state index contributed by atoms with van der Waals surface area (Å²) in [5.74, 6) is 1.38. The summed E-state index contributed by atoms with van der Waals surface area (Å²) in [7, 11) is 4.14. The number of rotatable bonds is 9. The van der Waals surface area contributed by atoms with Gasteiger partial charge in [0.15, 0.2) is 0 Å². The molecule has 0 aliphatic carbocycles. The van der Waals surface area contributed by atoms with Crippen molar-refractivity contribution >= 4 is 0 Å². The molecule has 0 unspecified atom stereocenters. The lowest BCUT2D eigenvalue weighted by Crippen LogP contribution is -2.19. The molecule has 19 heavy (non-hydrogen) atoms. The second-order valence-electron chi connectivity index (χ2n) is 5.50. The highest BCUT2D eigenvalue weighted by atomic mass is 16.5.